The molecule has 3 heterocycles. The summed E-state index contributed by atoms with van der Waals surface area (Å²) >= 11 is 0. The van der Waals surface area contributed by atoms with Crippen molar-refractivity contribution in [1.29, 1.82) is 0 Å². The van der Waals surface area contributed by atoms with Crippen LogP contribution in [-0.4, -0.2) is 71.7 Å². The van der Waals surface area contributed by atoms with Crippen molar-refractivity contribution in [3.05, 3.63) is 83.1 Å². The Balaban J connectivity index is 1.48. The van der Waals surface area contributed by atoms with Gasteiger partial charge in [-0.05, 0) is 56.2 Å². The highest BCUT2D eigenvalue weighted by molar-refractivity contribution is 6.08. The molecule has 1 aromatic heterocycles. The lowest BCUT2D eigenvalue weighted by Crippen LogP contribution is -2.52. The fourth-order valence-electron chi connectivity index (χ4n) is 5.43. The zero-order valence-electron chi connectivity index (χ0n) is 24.5. The summed E-state index contributed by atoms with van der Waals surface area (Å²) in [5, 5.41) is 5.08. The predicted molar refractivity (Wildman–Crippen MR) is 157 cm³/mol. The molecule has 0 spiro atoms. The molecule has 0 aliphatic carbocycles. The molecule has 1 saturated heterocycles. The Morgan fingerprint density at radius 3 is 2.59 bits per heavy atom. The van der Waals surface area contributed by atoms with E-state index >= 15 is 0 Å². The maximum absolute atomic E-state index is 14.4. The quantitative estimate of drug-likeness (QED) is 0.237. The Labute approximate surface area is 254 Å². The minimum Gasteiger partial charge on any atom is -0.428 e. The Morgan fingerprint density at radius 1 is 1.07 bits per heavy atom. The van der Waals surface area contributed by atoms with Gasteiger partial charge in [0.05, 0.1) is 6.61 Å². The van der Waals surface area contributed by atoms with Gasteiger partial charge in [0, 0.05) is 49.9 Å². The van der Waals surface area contributed by atoms with Crippen molar-refractivity contribution in [2.45, 2.75) is 45.3 Å². The van der Waals surface area contributed by atoms with Gasteiger partial charge in [0.2, 0.25) is 11.8 Å². The lowest BCUT2D eigenvalue weighted by Gasteiger charge is -2.31. The number of fused-ring (bicyclic) bond motifs is 1. The van der Waals surface area contributed by atoms with Crippen LogP contribution in [0.4, 0.5) is 0 Å². The SMILES string of the molecule is CCNC(=O)C(c1ccc(Oc2ccccc2)o1)N(CCOCC)C(=O)c1cccc2c1CN(C1CCC(=O)NC1=O)C2=O. The number of hydrogen-bond donors (Lipinski definition) is 2. The normalized spacial score (nSPS) is 16.7. The number of rotatable bonds is 12. The Morgan fingerprint density at radius 2 is 1.86 bits per heavy atom. The largest absolute Gasteiger partial charge is 0.428 e. The van der Waals surface area contributed by atoms with Crippen LogP contribution in [0.5, 0.6) is 11.7 Å². The molecule has 0 saturated carbocycles. The lowest BCUT2D eigenvalue weighted by atomic mass is 10.0. The van der Waals surface area contributed by atoms with Crippen LogP contribution < -0.4 is 15.4 Å². The molecule has 12 heteroatoms. The minimum absolute atomic E-state index is 0.00327. The molecule has 1 fully saturated rings. The molecular weight excluding hydrogens is 568 g/mol. The molecule has 12 nitrogen and oxygen atoms in total. The van der Waals surface area contributed by atoms with E-state index in [1.54, 1.807) is 49.4 Å². The second kappa shape index (κ2) is 13.6. The van der Waals surface area contributed by atoms with E-state index in [9.17, 15) is 24.0 Å². The van der Waals surface area contributed by atoms with Crippen LogP contribution in [-0.2, 0) is 25.7 Å². The molecule has 2 unspecified atom stereocenters. The summed E-state index contributed by atoms with van der Waals surface area (Å²) in [7, 11) is 0. The fraction of sp³-hybridized carbons (Fsp3) is 0.344. The number of furan rings is 1. The topological polar surface area (TPSA) is 147 Å². The number of nitrogens with one attached hydrogen (secondary N) is 2. The summed E-state index contributed by atoms with van der Waals surface area (Å²) in [5.74, 6) is -1.45. The third-order valence-electron chi connectivity index (χ3n) is 7.50. The number of hydrogen-bond acceptors (Lipinski definition) is 8. The highest BCUT2D eigenvalue weighted by Crippen LogP contribution is 2.34. The number of amides is 5. The molecule has 2 aromatic carbocycles. The van der Waals surface area contributed by atoms with Gasteiger partial charge in [-0.2, -0.15) is 0 Å². The smallest absolute Gasteiger partial charge is 0.290 e. The van der Waals surface area contributed by atoms with Gasteiger partial charge in [0.15, 0.2) is 6.04 Å². The molecule has 0 radical (unpaired) electrons. The van der Waals surface area contributed by atoms with E-state index in [4.69, 9.17) is 13.9 Å². The van der Waals surface area contributed by atoms with Gasteiger partial charge >= 0.3 is 0 Å². The van der Waals surface area contributed by atoms with Crippen LogP contribution in [0.25, 0.3) is 0 Å². The number of para-hydroxylation sites is 1. The van der Waals surface area contributed by atoms with Crippen molar-refractivity contribution in [2.75, 3.05) is 26.3 Å². The summed E-state index contributed by atoms with van der Waals surface area (Å²) in [4.78, 5) is 68.4. The van der Waals surface area contributed by atoms with Crippen LogP contribution in [0.1, 0.15) is 64.8 Å². The van der Waals surface area contributed by atoms with Crippen molar-refractivity contribution in [1.82, 2.24) is 20.4 Å². The molecule has 5 rings (SSSR count). The molecule has 2 atom stereocenters. The van der Waals surface area contributed by atoms with Crippen LogP contribution in [0, 0.1) is 0 Å². The number of piperidine rings is 1. The molecule has 5 amide bonds. The van der Waals surface area contributed by atoms with E-state index in [-0.39, 0.29) is 61.3 Å². The van der Waals surface area contributed by atoms with Gasteiger partial charge < -0.3 is 29.0 Å². The van der Waals surface area contributed by atoms with E-state index < -0.39 is 35.7 Å². The summed E-state index contributed by atoms with van der Waals surface area (Å²) in [6.07, 6.45) is 0.306. The average Bonchev–Trinajstić information content (AvgIpc) is 3.61. The first kappa shape index (κ1) is 30.5. The first-order valence-electron chi connectivity index (χ1n) is 14.6. The third kappa shape index (κ3) is 6.35. The number of carbonyl (C=O) groups excluding carboxylic acids is 5. The van der Waals surface area contributed by atoms with E-state index in [0.717, 1.165) is 0 Å². The molecule has 230 valence electrons. The number of carbonyl (C=O) groups is 5. The van der Waals surface area contributed by atoms with Crippen LogP contribution in [0.3, 0.4) is 0 Å². The second-order valence-electron chi connectivity index (χ2n) is 10.3. The monoisotopic (exact) mass is 602 g/mol. The summed E-state index contributed by atoms with van der Waals surface area (Å²) in [6.45, 7) is 4.50. The van der Waals surface area contributed by atoms with Gasteiger partial charge in [-0.25, -0.2) is 0 Å². The summed E-state index contributed by atoms with van der Waals surface area (Å²) < 4.78 is 17.3. The average molecular weight is 603 g/mol. The van der Waals surface area contributed by atoms with Gasteiger partial charge in [-0.3, -0.25) is 29.3 Å². The lowest BCUT2D eigenvalue weighted by molar-refractivity contribution is -0.137. The van der Waals surface area contributed by atoms with Crippen molar-refractivity contribution in [2.24, 2.45) is 0 Å². The molecule has 44 heavy (non-hydrogen) atoms. The first-order valence-corrected chi connectivity index (χ1v) is 14.6. The Kier molecular flexibility index (Phi) is 9.39. The second-order valence-corrected chi connectivity index (χ2v) is 10.3. The van der Waals surface area contributed by atoms with Crippen molar-refractivity contribution in [3.63, 3.8) is 0 Å². The molecule has 2 N–H and O–H groups in total. The third-order valence-corrected chi connectivity index (χ3v) is 7.50. The van der Waals surface area contributed by atoms with Crippen LogP contribution in [0.15, 0.2) is 65.1 Å². The van der Waals surface area contributed by atoms with Crippen LogP contribution in [0.2, 0.25) is 0 Å². The Bertz CT molecular complexity index is 1550. The molecule has 0 bridgehead atoms. The van der Waals surface area contributed by atoms with Gasteiger partial charge in [0.25, 0.3) is 23.7 Å². The zero-order valence-corrected chi connectivity index (χ0v) is 24.5. The highest BCUT2D eigenvalue weighted by atomic mass is 16.6. The summed E-state index contributed by atoms with van der Waals surface area (Å²) in [6, 6.07) is 14.9. The van der Waals surface area contributed by atoms with Crippen molar-refractivity contribution < 1.29 is 37.9 Å². The van der Waals surface area contributed by atoms with E-state index in [2.05, 4.69) is 10.6 Å². The Hall–Kier alpha value is -4.97. The van der Waals surface area contributed by atoms with E-state index in [0.29, 0.717) is 24.5 Å². The van der Waals surface area contributed by atoms with E-state index in [1.165, 1.54) is 9.80 Å². The molecular formula is C32H34N4O8. The number of ether oxygens (including phenoxy) is 2. The van der Waals surface area contributed by atoms with Crippen molar-refractivity contribution in [3.8, 4) is 11.7 Å². The van der Waals surface area contributed by atoms with Gasteiger partial charge in [0.1, 0.15) is 17.6 Å². The van der Waals surface area contributed by atoms with Crippen LogP contribution >= 0.6 is 0 Å². The maximum atomic E-state index is 14.4. The number of nitrogens with zero attached hydrogens (tertiary/aromatic N) is 2. The predicted octanol–water partition coefficient (Wildman–Crippen LogP) is 3.19. The minimum atomic E-state index is -1.18. The van der Waals surface area contributed by atoms with E-state index in [1.807, 2.05) is 25.1 Å². The molecule has 3 aromatic rings. The van der Waals surface area contributed by atoms with Gasteiger partial charge in [-0.15, -0.1) is 0 Å². The van der Waals surface area contributed by atoms with Crippen molar-refractivity contribution >= 4 is 29.5 Å². The maximum Gasteiger partial charge on any atom is 0.290 e. The molecule has 2 aliphatic heterocycles. The highest BCUT2D eigenvalue weighted by Gasteiger charge is 2.42. The molecule has 2 aliphatic rings. The number of imide groups is 1. The fourth-order valence-corrected chi connectivity index (χ4v) is 5.43. The number of likely N-dealkylation sites (N-methyl/N-ethyl adjacent to an activating group) is 1. The zero-order chi connectivity index (χ0) is 31.2. The standard InChI is InChI=1S/C32H34N4O8/c1-3-33-30(39)28(25-14-16-27(44-25)43-20-9-6-5-7-10-20)35(17-18-42-4-2)31(40)21-11-8-12-22-23(21)19-36(32(22)41)24-13-15-26(37)34-29(24)38/h5-12,14,16,24,28H,3-4,13,15,17-19H2,1-2H3,(H,33,39)(H,34,37,38). The number of benzene rings is 2. The first-order chi connectivity index (χ1) is 21.3. The van der Waals surface area contributed by atoms with Gasteiger partial charge in [-0.1, -0.05) is 24.3 Å². The summed E-state index contributed by atoms with van der Waals surface area (Å²) in [5.41, 5.74) is 0.941.